The SMILES string of the molecule is O=C1NC(=O)C(O)(c2ccc3cccnc3c2O)C(=O)N1. The van der Waals surface area contributed by atoms with Gasteiger partial charge < -0.3 is 10.2 Å². The number of aromatic nitrogens is 1. The molecule has 4 amide bonds. The zero-order valence-electron chi connectivity index (χ0n) is 10.5. The molecule has 1 aliphatic rings. The Balaban J connectivity index is 2.24. The van der Waals surface area contributed by atoms with Gasteiger partial charge in [0.15, 0.2) is 0 Å². The van der Waals surface area contributed by atoms with Gasteiger partial charge in [0.25, 0.3) is 17.4 Å². The number of nitrogens with one attached hydrogen (secondary N) is 2. The van der Waals surface area contributed by atoms with E-state index in [-0.39, 0.29) is 11.1 Å². The number of urea groups is 1. The van der Waals surface area contributed by atoms with Crippen molar-refractivity contribution in [2.24, 2.45) is 0 Å². The molecule has 0 spiro atoms. The number of fused-ring (bicyclic) bond motifs is 1. The largest absolute Gasteiger partial charge is 0.505 e. The molecule has 1 fully saturated rings. The van der Waals surface area contributed by atoms with Gasteiger partial charge in [-0.3, -0.25) is 25.2 Å². The summed E-state index contributed by atoms with van der Waals surface area (Å²) in [5, 5.41) is 24.7. The third-order valence-corrected chi connectivity index (χ3v) is 3.25. The normalized spacial score (nSPS) is 17.5. The molecule has 0 saturated carbocycles. The van der Waals surface area contributed by atoms with Crippen LogP contribution in [0.5, 0.6) is 5.75 Å². The molecule has 0 unspecified atom stereocenters. The highest BCUT2D eigenvalue weighted by atomic mass is 16.3. The second kappa shape index (κ2) is 4.25. The molecule has 2 heterocycles. The third kappa shape index (κ3) is 1.73. The summed E-state index contributed by atoms with van der Waals surface area (Å²) >= 11 is 0. The van der Waals surface area contributed by atoms with E-state index in [9.17, 15) is 24.6 Å². The fraction of sp³-hybridized carbons (Fsp3) is 0.0769. The molecule has 1 saturated heterocycles. The Hall–Kier alpha value is -3.00. The average molecular weight is 287 g/mol. The van der Waals surface area contributed by atoms with Gasteiger partial charge in [-0.15, -0.1) is 0 Å². The number of carbonyl (C=O) groups is 3. The number of aromatic hydroxyl groups is 1. The maximum absolute atomic E-state index is 11.9. The topological polar surface area (TPSA) is 129 Å². The Morgan fingerprint density at radius 3 is 2.38 bits per heavy atom. The maximum Gasteiger partial charge on any atom is 0.328 e. The van der Waals surface area contributed by atoms with Gasteiger partial charge in [0, 0.05) is 17.1 Å². The van der Waals surface area contributed by atoms with E-state index >= 15 is 0 Å². The Labute approximate surface area is 117 Å². The highest BCUT2D eigenvalue weighted by molar-refractivity contribution is 6.22. The molecule has 1 aliphatic heterocycles. The van der Waals surface area contributed by atoms with E-state index in [4.69, 9.17) is 0 Å². The monoisotopic (exact) mass is 287 g/mol. The lowest BCUT2D eigenvalue weighted by atomic mass is 9.89. The summed E-state index contributed by atoms with van der Waals surface area (Å²) in [6, 6.07) is 5.00. The molecule has 0 aliphatic carbocycles. The van der Waals surface area contributed by atoms with Crippen LogP contribution in [0.4, 0.5) is 4.79 Å². The summed E-state index contributed by atoms with van der Waals surface area (Å²) in [7, 11) is 0. The van der Waals surface area contributed by atoms with Gasteiger partial charge in [-0.05, 0) is 6.07 Å². The number of amides is 4. The van der Waals surface area contributed by atoms with E-state index in [1.54, 1.807) is 22.8 Å². The molecular weight excluding hydrogens is 278 g/mol. The number of hydrogen-bond donors (Lipinski definition) is 4. The molecular formula is C13H9N3O5. The number of rotatable bonds is 1. The van der Waals surface area contributed by atoms with Crippen LogP contribution < -0.4 is 10.6 Å². The standard InChI is InChI=1S/C13H9N3O5/c17-9-7(4-3-6-2-1-5-14-8(6)9)13(21)10(18)15-12(20)16-11(13)19/h1-5,17,21H,(H2,15,16,18,19,20). The number of hydrogen-bond acceptors (Lipinski definition) is 6. The van der Waals surface area contributed by atoms with Crippen LogP contribution in [-0.2, 0) is 15.2 Å². The molecule has 0 atom stereocenters. The van der Waals surface area contributed by atoms with E-state index in [1.165, 1.54) is 18.3 Å². The van der Waals surface area contributed by atoms with Gasteiger partial charge in [-0.2, -0.15) is 0 Å². The second-order valence-electron chi connectivity index (χ2n) is 4.48. The first-order valence-electron chi connectivity index (χ1n) is 5.91. The van der Waals surface area contributed by atoms with Crippen molar-refractivity contribution in [3.63, 3.8) is 0 Å². The number of pyridine rings is 1. The molecule has 0 bridgehead atoms. The van der Waals surface area contributed by atoms with Gasteiger partial charge in [-0.1, -0.05) is 18.2 Å². The quantitative estimate of drug-likeness (QED) is 0.523. The van der Waals surface area contributed by atoms with Gasteiger partial charge in [0.05, 0.1) is 0 Å². The first kappa shape index (κ1) is 13.0. The number of carbonyl (C=O) groups excluding carboxylic acids is 3. The van der Waals surface area contributed by atoms with Crippen LogP contribution in [0.2, 0.25) is 0 Å². The van der Waals surface area contributed by atoms with Crippen molar-refractivity contribution in [3.05, 3.63) is 36.0 Å². The summed E-state index contributed by atoms with van der Waals surface area (Å²) in [5.74, 6) is -2.97. The summed E-state index contributed by atoms with van der Waals surface area (Å²) in [6.07, 6.45) is 1.42. The second-order valence-corrected chi connectivity index (χ2v) is 4.48. The molecule has 1 aromatic heterocycles. The molecule has 8 nitrogen and oxygen atoms in total. The number of phenolic OH excluding ortho intramolecular Hbond substituents is 1. The first-order valence-corrected chi connectivity index (χ1v) is 5.91. The minimum Gasteiger partial charge on any atom is -0.505 e. The number of phenols is 1. The molecule has 1 aromatic carbocycles. The third-order valence-electron chi connectivity index (χ3n) is 3.25. The van der Waals surface area contributed by atoms with E-state index < -0.39 is 29.2 Å². The van der Waals surface area contributed by atoms with Crippen molar-refractivity contribution in [1.82, 2.24) is 15.6 Å². The number of nitrogens with zero attached hydrogens (tertiary/aromatic N) is 1. The van der Waals surface area contributed by atoms with Crippen LogP contribution in [0.3, 0.4) is 0 Å². The predicted molar refractivity (Wildman–Crippen MR) is 69.0 cm³/mol. The molecule has 0 radical (unpaired) electrons. The minimum absolute atomic E-state index is 0.126. The van der Waals surface area contributed by atoms with Crippen LogP contribution in [-0.4, -0.2) is 33.0 Å². The molecule has 21 heavy (non-hydrogen) atoms. The van der Waals surface area contributed by atoms with Crippen LogP contribution in [0, 0.1) is 0 Å². The lowest BCUT2D eigenvalue weighted by Gasteiger charge is -2.29. The van der Waals surface area contributed by atoms with Crippen LogP contribution in [0.25, 0.3) is 10.9 Å². The van der Waals surface area contributed by atoms with Crippen molar-refractivity contribution in [3.8, 4) is 5.75 Å². The Bertz CT molecular complexity index is 781. The van der Waals surface area contributed by atoms with E-state index in [1.807, 2.05) is 0 Å². The summed E-state index contributed by atoms with van der Waals surface area (Å²) < 4.78 is 0. The maximum atomic E-state index is 11.9. The number of imide groups is 2. The Kier molecular flexibility index (Phi) is 2.63. The zero-order valence-corrected chi connectivity index (χ0v) is 10.5. The molecule has 2 aromatic rings. The number of aliphatic hydroxyl groups is 1. The first-order chi connectivity index (χ1) is 9.94. The van der Waals surface area contributed by atoms with Crippen molar-refractivity contribution in [2.45, 2.75) is 5.60 Å². The van der Waals surface area contributed by atoms with Crippen molar-refractivity contribution < 1.29 is 24.6 Å². The highest BCUT2D eigenvalue weighted by Crippen LogP contribution is 2.35. The molecule has 8 heteroatoms. The highest BCUT2D eigenvalue weighted by Gasteiger charge is 2.52. The lowest BCUT2D eigenvalue weighted by molar-refractivity contribution is -0.155. The predicted octanol–water partition coefficient (Wildman–Crippen LogP) is -0.506. The summed E-state index contributed by atoms with van der Waals surface area (Å²) in [6.45, 7) is 0. The summed E-state index contributed by atoms with van der Waals surface area (Å²) in [4.78, 5) is 38.7. The van der Waals surface area contributed by atoms with Crippen LogP contribution in [0.1, 0.15) is 5.56 Å². The lowest BCUT2D eigenvalue weighted by Crippen LogP contribution is -2.64. The number of barbiturate groups is 1. The molecule has 3 rings (SSSR count). The van der Waals surface area contributed by atoms with Gasteiger partial charge in [0.2, 0.25) is 0 Å². The molecule has 4 N–H and O–H groups in total. The van der Waals surface area contributed by atoms with Crippen molar-refractivity contribution >= 4 is 28.7 Å². The van der Waals surface area contributed by atoms with Crippen LogP contribution in [0.15, 0.2) is 30.5 Å². The van der Waals surface area contributed by atoms with Crippen molar-refractivity contribution in [2.75, 3.05) is 0 Å². The van der Waals surface area contributed by atoms with E-state index in [0.717, 1.165) is 0 Å². The minimum atomic E-state index is -2.70. The smallest absolute Gasteiger partial charge is 0.328 e. The van der Waals surface area contributed by atoms with Gasteiger partial charge in [-0.25, -0.2) is 4.79 Å². The summed E-state index contributed by atoms with van der Waals surface area (Å²) in [5.41, 5.74) is -2.93. The molecule has 106 valence electrons. The van der Waals surface area contributed by atoms with Crippen molar-refractivity contribution in [1.29, 1.82) is 0 Å². The average Bonchev–Trinajstić information content (AvgIpc) is 2.45. The zero-order chi connectivity index (χ0) is 15.2. The van der Waals surface area contributed by atoms with Crippen LogP contribution >= 0.6 is 0 Å². The van der Waals surface area contributed by atoms with E-state index in [2.05, 4.69) is 4.98 Å². The number of benzene rings is 1. The van der Waals surface area contributed by atoms with Gasteiger partial charge in [0.1, 0.15) is 11.3 Å². The van der Waals surface area contributed by atoms with E-state index in [0.29, 0.717) is 5.39 Å². The fourth-order valence-corrected chi connectivity index (χ4v) is 2.19. The van der Waals surface area contributed by atoms with Gasteiger partial charge >= 0.3 is 6.03 Å². The fourth-order valence-electron chi connectivity index (χ4n) is 2.19. The Morgan fingerprint density at radius 2 is 1.71 bits per heavy atom. The Morgan fingerprint density at radius 1 is 1.05 bits per heavy atom.